The summed E-state index contributed by atoms with van der Waals surface area (Å²) in [6, 6.07) is 19.2. The molecule has 6 heteroatoms. The van der Waals surface area contributed by atoms with Gasteiger partial charge in [-0.25, -0.2) is 0 Å². The number of nitrogens with zero attached hydrogens (tertiary/aromatic N) is 1. The summed E-state index contributed by atoms with van der Waals surface area (Å²) in [4.78, 5) is 28.3. The number of benzene rings is 2. The van der Waals surface area contributed by atoms with Gasteiger partial charge in [0.05, 0.1) is 4.88 Å². The summed E-state index contributed by atoms with van der Waals surface area (Å²) in [5, 5.41) is 7.79. The van der Waals surface area contributed by atoms with E-state index in [0.717, 1.165) is 17.8 Å². The summed E-state index contributed by atoms with van der Waals surface area (Å²) in [5.74, 6) is -0.362. The number of rotatable bonds is 7. The van der Waals surface area contributed by atoms with Crippen LogP contribution in [0.15, 0.2) is 66.0 Å². The van der Waals surface area contributed by atoms with Crippen LogP contribution >= 0.6 is 11.3 Å². The Morgan fingerprint density at radius 3 is 2.53 bits per heavy atom. The van der Waals surface area contributed by atoms with E-state index < -0.39 is 0 Å². The largest absolute Gasteiger partial charge is 0.322 e. The van der Waals surface area contributed by atoms with Gasteiger partial charge in [-0.15, -0.1) is 11.3 Å². The molecule has 1 saturated carbocycles. The second-order valence-corrected chi connectivity index (χ2v) is 9.28. The molecule has 1 fully saturated rings. The first kappa shape index (κ1) is 22.2. The summed E-state index contributed by atoms with van der Waals surface area (Å²) in [5.41, 5.74) is 3.04. The number of para-hydroxylation sites is 1. The molecule has 1 aromatic heterocycles. The summed E-state index contributed by atoms with van der Waals surface area (Å²) >= 11 is 1.38. The number of carbonyl (C=O) groups is 2. The average Bonchev–Trinajstić information content (AvgIpc) is 3.36. The number of thiophene rings is 1. The van der Waals surface area contributed by atoms with E-state index in [1.165, 1.54) is 43.4 Å². The zero-order valence-corrected chi connectivity index (χ0v) is 19.2. The van der Waals surface area contributed by atoms with Crippen molar-refractivity contribution >= 4 is 34.5 Å². The molecule has 1 aliphatic carbocycles. The Hall–Kier alpha value is -2.96. The third-order valence-electron chi connectivity index (χ3n) is 6.01. The predicted octanol–water partition coefficient (Wildman–Crippen LogP) is 6.02. The van der Waals surface area contributed by atoms with Crippen LogP contribution in [0.5, 0.6) is 0 Å². The van der Waals surface area contributed by atoms with Gasteiger partial charge in [0.15, 0.2) is 0 Å². The maximum Gasteiger partial charge on any atom is 0.265 e. The monoisotopic (exact) mass is 447 g/mol. The van der Waals surface area contributed by atoms with Gasteiger partial charge in [0.25, 0.3) is 11.8 Å². The highest BCUT2D eigenvalue weighted by Gasteiger charge is 2.19. The Morgan fingerprint density at radius 2 is 1.75 bits per heavy atom. The number of anilines is 2. The highest BCUT2D eigenvalue weighted by atomic mass is 32.1. The van der Waals surface area contributed by atoms with Gasteiger partial charge in [-0.2, -0.15) is 0 Å². The highest BCUT2D eigenvalue weighted by molar-refractivity contribution is 7.12. The maximum atomic E-state index is 13.0. The molecule has 2 amide bonds. The van der Waals surface area contributed by atoms with Crippen LogP contribution in [0, 0.1) is 0 Å². The van der Waals surface area contributed by atoms with Gasteiger partial charge in [0, 0.05) is 29.5 Å². The van der Waals surface area contributed by atoms with Crippen LogP contribution < -0.4 is 10.6 Å². The lowest BCUT2D eigenvalue weighted by Crippen LogP contribution is -2.33. The molecule has 5 nitrogen and oxygen atoms in total. The molecule has 32 heavy (non-hydrogen) atoms. The van der Waals surface area contributed by atoms with Crippen molar-refractivity contribution in [3.05, 3.63) is 82.0 Å². The molecule has 2 aromatic carbocycles. The lowest BCUT2D eigenvalue weighted by Gasteiger charge is -2.31. The lowest BCUT2D eigenvalue weighted by molar-refractivity contribution is 0.101. The number of hydrogen-bond donors (Lipinski definition) is 2. The van der Waals surface area contributed by atoms with E-state index in [4.69, 9.17) is 0 Å². The standard InChI is InChI=1S/C26H29N3O2S/c1-29(22-12-3-2-4-13-22)18-20-9-5-6-14-23(20)28-25(30)19-10-7-11-21(17-19)27-26(31)24-15-8-16-32-24/h5-11,14-17,22H,2-4,12-13,18H2,1H3,(H,27,31)(H,28,30). The predicted molar refractivity (Wildman–Crippen MR) is 131 cm³/mol. The van der Waals surface area contributed by atoms with Crippen molar-refractivity contribution in [2.45, 2.75) is 44.7 Å². The molecule has 0 saturated heterocycles. The van der Waals surface area contributed by atoms with Crippen LogP contribution in [0.1, 0.15) is 57.7 Å². The van der Waals surface area contributed by atoms with E-state index in [1.54, 1.807) is 30.3 Å². The topological polar surface area (TPSA) is 61.4 Å². The second kappa shape index (κ2) is 10.6. The zero-order chi connectivity index (χ0) is 22.3. The zero-order valence-electron chi connectivity index (χ0n) is 18.3. The number of carbonyl (C=O) groups excluding carboxylic acids is 2. The second-order valence-electron chi connectivity index (χ2n) is 8.33. The summed E-state index contributed by atoms with van der Waals surface area (Å²) in [7, 11) is 2.17. The lowest BCUT2D eigenvalue weighted by atomic mass is 9.94. The van der Waals surface area contributed by atoms with Crippen molar-refractivity contribution in [3.8, 4) is 0 Å². The number of nitrogens with one attached hydrogen (secondary N) is 2. The Morgan fingerprint density at radius 1 is 0.938 bits per heavy atom. The summed E-state index contributed by atoms with van der Waals surface area (Å²) in [6.07, 6.45) is 6.42. The van der Waals surface area contributed by atoms with Crippen LogP contribution in [-0.4, -0.2) is 29.8 Å². The fourth-order valence-electron chi connectivity index (χ4n) is 4.23. The van der Waals surface area contributed by atoms with Crippen LogP contribution in [0.4, 0.5) is 11.4 Å². The Labute approximate surface area is 193 Å². The minimum atomic E-state index is -0.190. The van der Waals surface area contributed by atoms with E-state index in [9.17, 15) is 9.59 Å². The van der Waals surface area contributed by atoms with Crippen LogP contribution in [-0.2, 0) is 6.54 Å². The van der Waals surface area contributed by atoms with Gasteiger partial charge in [0.1, 0.15) is 0 Å². The van der Waals surface area contributed by atoms with E-state index in [-0.39, 0.29) is 11.8 Å². The van der Waals surface area contributed by atoms with Crippen molar-refractivity contribution in [3.63, 3.8) is 0 Å². The van der Waals surface area contributed by atoms with Crippen LogP contribution in [0.2, 0.25) is 0 Å². The third-order valence-corrected chi connectivity index (χ3v) is 6.88. The van der Waals surface area contributed by atoms with Gasteiger partial charge < -0.3 is 10.6 Å². The first-order chi connectivity index (χ1) is 15.6. The van der Waals surface area contributed by atoms with Crippen LogP contribution in [0.25, 0.3) is 0 Å². The SMILES string of the molecule is CN(Cc1ccccc1NC(=O)c1cccc(NC(=O)c2cccs2)c1)C1CCCCC1. The van der Waals surface area contributed by atoms with Gasteiger partial charge in [-0.1, -0.05) is 49.6 Å². The highest BCUT2D eigenvalue weighted by Crippen LogP contribution is 2.25. The van der Waals surface area contributed by atoms with E-state index in [2.05, 4.69) is 28.6 Å². The molecule has 0 spiro atoms. The molecular weight excluding hydrogens is 418 g/mol. The normalized spacial score (nSPS) is 14.3. The Balaban J connectivity index is 1.43. The van der Waals surface area contributed by atoms with Gasteiger partial charge >= 0.3 is 0 Å². The van der Waals surface area contributed by atoms with Gasteiger partial charge in [0.2, 0.25) is 0 Å². The van der Waals surface area contributed by atoms with E-state index in [1.807, 2.05) is 29.6 Å². The molecule has 0 unspecified atom stereocenters. The molecule has 1 aliphatic rings. The number of hydrogen-bond acceptors (Lipinski definition) is 4. The Kier molecular flexibility index (Phi) is 7.35. The molecule has 0 bridgehead atoms. The first-order valence-electron chi connectivity index (χ1n) is 11.1. The smallest absolute Gasteiger partial charge is 0.265 e. The van der Waals surface area contributed by atoms with Gasteiger partial charge in [-0.3, -0.25) is 14.5 Å². The van der Waals surface area contributed by atoms with Crippen molar-refractivity contribution in [1.29, 1.82) is 0 Å². The summed E-state index contributed by atoms with van der Waals surface area (Å²) in [6.45, 7) is 0.804. The first-order valence-corrected chi connectivity index (χ1v) is 12.0. The molecule has 1 heterocycles. The molecular formula is C26H29N3O2S. The molecule has 166 valence electrons. The molecule has 3 aromatic rings. The molecule has 2 N–H and O–H groups in total. The fraction of sp³-hybridized carbons (Fsp3) is 0.308. The minimum Gasteiger partial charge on any atom is -0.322 e. The van der Waals surface area contributed by atoms with E-state index >= 15 is 0 Å². The van der Waals surface area contributed by atoms with Gasteiger partial charge in [-0.05, 0) is 61.2 Å². The fourth-order valence-corrected chi connectivity index (χ4v) is 4.85. The molecule has 0 atom stereocenters. The molecule has 4 rings (SSSR count). The maximum absolute atomic E-state index is 13.0. The van der Waals surface area contributed by atoms with Crippen molar-refractivity contribution in [2.75, 3.05) is 17.7 Å². The molecule has 0 radical (unpaired) electrons. The molecule has 0 aliphatic heterocycles. The van der Waals surface area contributed by atoms with E-state index in [0.29, 0.717) is 22.2 Å². The van der Waals surface area contributed by atoms with Crippen LogP contribution in [0.3, 0.4) is 0 Å². The third kappa shape index (κ3) is 5.64. The quantitative estimate of drug-likeness (QED) is 0.466. The van der Waals surface area contributed by atoms with Crippen molar-refractivity contribution < 1.29 is 9.59 Å². The van der Waals surface area contributed by atoms with Crippen molar-refractivity contribution in [2.24, 2.45) is 0 Å². The van der Waals surface area contributed by atoms with Crippen molar-refractivity contribution in [1.82, 2.24) is 4.90 Å². The Bertz CT molecular complexity index is 1060. The average molecular weight is 448 g/mol. The number of amides is 2. The summed E-state index contributed by atoms with van der Waals surface area (Å²) < 4.78 is 0. The minimum absolute atomic E-state index is 0.173.